The zero-order valence-electron chi connectivity index (χ0n) is 13.0. The highest BCUT2D eigenvalue weighted by Crippen LogP contribution is 2.28. The van der Waals surface area contributed by atoms with Crippen LogP contribution in [0.4, 0.5) is 0 Å². The van der Waals surface area contributed by atoms with Crippen LogP contribution in [0.3, 0.4) is 0 Å². The Morgan fingerprint density at radius 2 is 2.15 bits per heavy atom. The maximum absolute atomic E-state index is 5.58. The van der Waals surface area contributed by atoms with Gasteiger partial charge < -0.3 is 10.1 Å². The number of hydrogen-bond donors (Lipinski definition) is 1. The van der Waals surface area contributed by atoms with Crippen molar-refractivity contribution in [3.05, 3.63) is 18.0 Å². The van der Waals surface area contributed by atoms with Crippen molar-refractivity contribution in [2.45, 2.75) is 58.5 Å². The van der Waals surface area contributed by atoms with Crippen molar-refractivity contribution in [2.24, 2.45) is 5.92 Å². The summed E-state index contributed by atoms with van der Waals surface area (Å²) in [6.45, 7) is 7.85. The quantitative estimate of drug-likeness (QED) is 0.706. The molecule has 114 valence electrons. The molecule has 4 heteroatoms. The zero-order chi connectivity index (χ0) is 14.2. The lowest BCUT2D eigenvalue weighted by Gasteiger charge is -2.09. The highest BCUT2D eigenvalue weighted by molar-refractivity contribution is 4.99. The van der Waals surface area contributed by atoms with Gasteiger partial charge in [-0.25, -0.2) is 0 Å². The van der Waals surface area contributed by atoms with Crippen molar-refractivity contribution in [3.8, 4) is 0 Å². The van der Waals surface area contributed by atoms with Crippen LogP contribution in [0.1, 0.15) is 57.7 Å². The van der Waals surface area contributed by atoms with Crippen molar-refractivity contribution >= 4 is 0 Å². The minimum absolute atomic E-state index is 0.642. The van der Waals surface area contributed by atoms with Gasteiger partial charge in [0.2, 0.25) is 0 Å². The molecule has 0 radical (unpaired) electrons. The van der Waals surface area contributed by atoms with Gasteiger partial charge in [-0.05, 0) is 31.2 Å². The van der Waals surface area contributed by atoms with Crippen molar-refractivity contribution in [2.75, 3.05) is 19.8 Å². The Morgan fingerprint density at radius 3 is 2.90 bits per heavy atom. The summed E-state index contributed by atoms with van der Waals surface area (Å²) < 4.78 is 7.74. The normalized spacial score (nSPS) is 16.4. The van der Waals surface area contributed by atoms with Gasteiger partial charge in [0, 0.05) is 25.9 Å². The molecule has 1 heterocycles. The largest absolute Gasteiger partial charge is 0.380 e. The first-order valence-corrected chi connectivity index (χ1v) is 8.08. The van der Waals surface area contributed by atoms with Gasteiger partial charge in [0.25, 0.3) is 0 Å². The van der Waals surface area contributed by atoms with Crippen molar-refractivity contribution in [3.63, 3.8) is 0 Å². The molecule has 4 nitrogen and oxygen atoms in total. The van der Waals surface area contributed by atoms with E-state index in [9.17, 15) is 0 Å². The van der Waals surface area contributed by atoms with Crippen molar-refractivity contribution < 1.29 is 4.74 Å². The van der Waals surface area contributed by atoms with Crippen LogP contribution in [0.25, 0.3) is 0 Å². The van der Waals surface area contributed by atoms with E-state index in [0.717, 1.165) is 44.3 Å². The molecule has 1 aliphatic carbocycles. The van der Waals surface area contributed by atoms with E-state index >= 15 is 0 Å². The van der Waals surface area contributed by atoms with Crippen LogP contribution < -0.4 is 5.32 Å². The van der Waals surface area contributed by atoms with E-state index in [0.29, 0.717) is 6.04 Å². The summed E-state index contributed by atoms with van der Waals surface area (Å²) in [6, 6.07) is 2.77. The van der Waals surface area contributed by atoms with E-state index in [4.69, 9.17) is 4.74 Å². The molecule has 0 bridgehead atoms. The number of nitrogens with zero attached hydrogens (tertiary/aromatic N) is 2. The lowest BCUT2D eigenvalue weighted by Crippen LogP contribution is -2.20. The average Bonchev–Trinajstić information content (AvgIpc) is 3.08. The summed E-state index contributed by atoms with van der Waals surface area (Å²) in [5.74, 6) is 0.725. The standard InChI is InChI=1S/C16H29N3O/c1-14(2)8-11-20-12-9-17-13-15-7-10-19(18-15)16-5-3-4-6-16/h7,10,14,16-17H,3-6,8-9,11-13H2,1-2H3. The molecular weight excluding hydrogens is 250 g/mol. The molecular formula is C16H29N3O. The first kappa shape index (κ1) is 15.5. The molecule has 0 aliphatic heterocycles. The Labute approximate surface area is 122 Å². The minimum Gasteiger partial charge on any atom is -0.380 e. The molecule has 1 fully saturated rings. The third kappa shape index (κ3) is 5.25. The predicted octanol–water partition coefficient (Wildman–Crippen LogP) is 3.15. The van der Waals surface area contributed by atoms with Crippen LogP contribution in [0.2, 0.25) is 0 Å². The van der Waals surface area contributed by atoms with E-state index in [1.165, 1.54) is 25.7 Å². The fourth-order valence-electron chi connectivity index (χ4n) is 2.63. The Kier molecular flexibility index (Phi) is 6.54. The van der Waals surface area contributed by atoms with Gasteiger partial charge in [-0.15, -0.1) is 0 Å². The van der Waals surface area contributed by atoms with Crippen LogP contribution in [0.5, 0.6) is 0 Å². The Balaban J connectivity index is 1.55. The molecule has 0 saturated heterocycles. The first-order valence-electron chi connectivity index (χ1n) is 8.08. The Hall–Kier alpha value is -0.870. The summed E-state index contributed by atoms with van der Waals surface area (Å²) in [4.78, 5) is 0. The number of aromatic nitrogens is 2. The summed E-state index contributed by atoms with van der Waals surface area (Å²) in [5, 5.41) is 8.06. The van der Waals surface area contributed by atoms with Gasteiger partial charge in [-0.2, -0.15) is 5.10 Å². The van der Waals surface area contributed by atoms with E-state index < -0.39 is 0 Å². The Bertz CT molecular complexity index is 370. The molecule has 1 N–H and O–H groups in total. The van der Waals surface area contributed by atoms with Crippen molar-refractivity contribution in [1.82, 2.24) is 15.1 Å². The third-order valence-corrected chi connectivity index (χ3v) is 3.93. The smallest absolute Gasteiger partial charge is 0.0762 e. The van der Waals surface area contributed by atoms with Crippen LogP contribution in [-0.2, 0) is 11.3 Å². The van der Waals surface area contributed by atoms with Gasteiger partial charge in [-0.3, -0.25) is 4.68 Å². The van der Waals surface area contributed by atoms with Gasteiger partial charge in [0.15, 0.2) is 0 Å². The highest BCUT2D eigenvalue weighted by atomic mass is 16.5. The molecule has 2 rings (SSSR count). The van der Waals surface area contributed by atoms with Gasteiger partial charge >= 0.3 is 0 Å². The molecule has 1 aromatic heterocycles. The van der Waals surface area contributed by atoms with Gasteiger partial charge in [0.1, 0.15) is 0 Å². The molecule has 1 aliphatic rings. The monoisotopic (exact) mass is 279 g/mol. The topological polar surface area (TPSA) is 39.1 Å². The number of hydrogen-bond acceptors (Lipinski definition) is 3. The fraction of sp³-hybridized carbons (Fsp3) is 0.812. The molecule has 0 amide bonds. The SMILES string of the molecule is CC(C)CCOCCNCc1ccn(C2CCCC2)n1. The summed E-state index contributed by atoms with van der Waals surface area (Å²) in [5.41, 5.74) is 1.14. The molecule has 0 spiro atoms. The van der Waals surface area contributed by atoms with Crippen LogP contribution >= 0.6 is 0 Å². The van der Waals surface area contributed by atoms with Crippen LogP contribution in [0.15, 0.2) is 12.3 Å². The second-order valence-corrected chi connectivity index (χ2v) is 6.20. The van der Waals surface area contributed by atoms with E-state index in [-0.39, 0.29) is 0 Å². The minimum atomic E-state index is 0.642. The van der Waals surface area contributed by atoms with E-state index in [1.807, 2.05) is 0 Å². The van der Waals surface area contributed by atoms with Crippen molar-refractivity contribution in [1.29, 1.82) is 0 Å². The molecule has 0 atom stereocenters. The van der Waals surface area contributed by atoms with Crippen LogP contribution in [0, 0.1) is 5.92 Å². The average molecular weight is 279 g/mol. The first-order chi connectivity index (χ1) is 9.75. The molecule has 20 heavy (non-hydrogen) atoms. The Morgan fingerprint density at radius 1 is 1.35 bits per heavy atom. The molecule has 0 aromatic carbocycles. The fourth-order valence-corrected chi connectivity index (χ4v) is 2.63. The number of rotatable bonds is 9. The maximum Gasteiger partial charge on any atom is 0.0762 e. The molecule has 0 unspecified atom stereocenters. The predicted molar refractivity (Wildman–Crippen MR) is 81.7 cm³/mol. The summed E-state index contributed by atoms with van der Waals surface area (Å²) in [7, 11) is 0. The third-order valence-electron chi connectivity index (χ3n) is 3.93. The van der Waals surface area contributed by atoms with E-state index in [1.54, 1.807) is 0 Å². The summed E-state index contributed by atoms with van der Waals surface area (Å²) in [6.07, 6.45) is 8.56. The second-order valence-electron chi connectivity index (χ2n) is 6.20. The number of nitrogens with one attached hydrogen (secondary N) is 1. The van der Waals surface area contributed by atoms with Gasteiger partial charge in [-0.1, -0.05) is 26.7 Å². The second kappa shape index (κ2) is 8.42. The zero-order valence-corrected chi connectivity index (χ0v) is 13.0. The lowest BCUT2D eigenvalue weighted by molar-refractivity contribution is 0.125. The van der Waals surface area contributed by atoms with Crippen LogP contribution in [-0.4, -0.2) is 29.5 Å². The van der Waals surface area contributed by atoms with E-state index in [2.05, 4.69) is 41.2 Å². The molecule has 1 saturated carbocycles. The summed E-state index contributed by atoms with van der Waals surface area (Å²) >= 11 is 0. The molecule has 1 aromatic rings. The lowest BCUT2D eigenvalue weighted by atomic mass is 10.1. The maximum atomic E-state index is 5.58. The van der Waals surface area contributed by atoms with Gasteiger partial charge in [0.05, 0.1) is 18.3 Å². The number of ether oxygens (including phenoxy) is 1. The highest BCUT2D eigenvalue weighted by Gasteiger charge is 2.17.